The topological polar surface area (TPSA) is 52.6 Å². The van der Waals surface area contributed by atoms with Crippen molar-refractivity contribution in [1.82, 2.24) is 0 Å². The van der Waals surface area contributed by atoms with Crippen molar-refractivity contribution in [1.29, 1.82) is 0 Å². The highest BCUT2D eigenvalue weighted by atomic mass is 16.5. The van der Waals surface area contributed by atoms with E-state index < -0.39 is 11.8 Å². The van der Waals surface area contributed by atoms with Gasteiger partial charge in [-0.25, -0.2) is 4.79 Å². The zero-order valence-corrected chi connectivity index (χ0v) is 18.7. The largest absolute Gasteiger partial charge is 0.497 e. The van der Waals surface area contributed by atoms with E-state index in [2.05, 4.69) is 26.0 Å². The first kappa shape index (κ1) is 21.6. The summed E-state index contributed by atoms with van der Waals surface area (Å²) in [4.78, 5) is 25.5. The predicted molar refractivity (Wildman–Crippen MR) is 120 cm³/mol. The van der Waals surface area contributed by atoms with Crippen molar-refractivity contribution >= 4 is 11.8 Å². The Kier molecular flexibility index (Phi) is 6.17. The Morgan fingerprint density at radius 2 is 1.74 bits per heavy atom. The number of hydrogen-bond acceptors (Lipinski definition) is 4. The third-order valence-electron chi connectivity index (χ3n) is 7.52. The fourth-order valence-electron chi connectivity index (χ4n) is 6.08. The van der Waals surface area contributed by atoms with E-state index in [1.807, 2.05) is 12.1 Å². The van der Waals surface area contributed by atoms with Crippen LogP contribution in [0.3, 0.4) is 0 Å². The minimum Gasteiger partial charge on any atom is -0.497 e. The van der Waals surface area contributed by atoms with Gasteiger partial charge in [0.2, 0.25) is 0 Å². The molecule has 0 heterocycles. The van der Waals surface area contributed by atoms with Gasteiger partial charge in [-0.3, -0.25) is 4.79 Å². The van der Waals surface area contributed by atoms with Gasteiger partial charge < -0.3 is 9.47 Å². The van der Waals surface area contributed by atoms with Gasteiger partial charge in [-0.2, -0.15) is 0 Å². The lowest BCUT2D eigenvalue weighted by atomic mass is 9.54. The lowest BCUT2D eigenvalue weighted by molar-refractivity contribution is -0.154. The lowest BCUT2D eigenvalue weighted by Crippen LogP contribution is -2.51. The highest BCUT2D eigenvalue weighted by Crippen LogP contribution is 2.54. The molecule has 2 aliphatic rings. The molecule has 0 unspecified atom stereocenters. The molecule has 4 atom stereocenters. The van der Waals surface area contributed by atoms with Crippen molar-refractivity contribution in [3.05, 3.63) is 65.2 Å². The number of methoxy groups -OCH3 is 1. The van der Waals surface area contributed by atoms with Gasteiger partial charge in [0.05, 0.1) is 7.11 Å². The van der Waals surface area contributed by atoms with Crippen LogP contribution < -0.4 is 4.74 Å². The van der Waals surface area contributed by atoms with Crippen LogP contribution in [0.5, 0.6) is 5.75 Å². The number of benzene rings is 2. The number of aryl methyl sites for hydroxylation is 1. The SMILES string of the molecule is COc1ccc(C)c([C@@]2(C)CCC[C@H]3CCC[C@@H](OC(=O)C(=O)c4ccccc4)[C@@H]32)c1. The van der Waals surface area contributed by atoms with Gasteiger partial charge in [0.15, 0.2) is 0 Å². The van der Waals surface area contributed by atoms with Gasteiger partial charge in [-0.15, -0.1) is 0 Å². The van der Waals surface area contributed by atoms with Crippen molar-refractivity contribution in [2.75, 3.05) is 7.11 Å². The van der Waals surface area contributed by atoms with Gasteiger partial charge in [0.1, 0.15) is 11.9 Å². The van der Waals surface area contributed by atoms with E-state index in [0.29, 0.717) is 11.5 Å². The Hall–Kier alpha value is -2.62. The number of carbonyl (C=O) groups is 2. The van der Waals surface area contributed by atoms with E-state index >= 15 is 0 Å². The maximum atomic E-state index is 12.8. The van der Waals surface area contributed by atoms with Crippen molar-refractivity contribution in [2.45, 2.75) is 63.9 Å². The zero-order valence-electron chi connectivity index (χ0n) is 18.7. The molecule has 0 amide bonds. The number of hydrogen-bond donors (Lipinski definition) is 0. The molecule has 31 heavy (non-hydrogen) atoms. The van der Waals surface area contributed by atoms with E-state index in [-0.39, 0.29) is 17.4 Å². The van der Waals surface area contributed by atoms with E-state index in [9.17, 15) is 9.59 Å². The molecule has 0 saturated heterocycles. The standard InChI is InChI=1S/C27H32O4/c1-18-14-15-21(30-3)17-22(18)27(2)16-8-12-19-11-7-13-23(24(19)27)31-26(29)25(28)20-9-5-4-6-10-20/h4-6,9-10,14-15,17,19,23-24H,7-8,11-13,16H2,1-3H3/t19-,23-,24-,27-/m1/s1. The molecule has 2 fully saturated rings. The second-order valence-corrected chi connectivity index (χ2v) is 9.35. The molecule has 4 nitrogen and oxygen atoms in total. The first-order valence-electron chi connectivity index (χ1n) is 11.4. The van der Waals surface area contributed by atoms with Crippen LogP contribution >= 0.6 is 0 Å². The van der Waals surface area contributed by atoms with Crippen LogP contribution in [-0.2, 0) is 14.9 Å². The first-order chi connectivity index (χ1) is 14.9. The van der Waals surface area contributed by atoms with Gasteiger partial charge in [-0.1, -0.05) is 49.7 Å². The summed E-state index contributed by atoms with van der Waals surface area (Å²) < 4.78 is 11.5. The minimum absolute atomic E-state index is 0.122. The molecule has 0 aromatic heterocycles. The molecular weight excluding hydrogens is 388 g/mol. The number of rotatable bonds is 5. The molecule has 2 aliphatic carbocycles. The van der Waals surface area contributed by atoms with Crippen LogP contribution in [0.2, 0.25) is 0 Å². The third-order valence-corrected chi connectivity index (χ3v) is 7.52. The number of carbonyl (C=O) groups excluding carboxylic acids is 2. The maximum absolute atomic E-state index is 12.8. The maximum Gasteiger partial charge on any atom is 0.379 e. The Labute approximate surface area is 185 Å². The van der Waals surface area contributed by atoms with Crippen LogP contribution in [0.1, 0.15) is 66.9 Å². The predicted octanol–water partition coefficient (Wildman–Crippen LogP) is 5.66. The molecule has 0 aliphatic heterocycles. The van der Waals surface area contributed by atoms with Crippen LogP contribution in [0, 0.1) is 18.8 Å². The van der Waals surface area contributed by atoms with E-state index in [4.69, 9.17) is 9.47 Å². The quantitative estimate of drug-likeness (QED) is 0.356. The minimum atomic E-state index is -0.730. The summed E-state index contributed by atoms with van der Waals surface area (Å²) >= 11 is 0. The fourth-order valence-corrected chi connectivity index (χ4v) is 6.08. The second kappa shape index (κ2) is 8.86. The fraction of sp³-hybridized carbons (Fsp3) is 0.481. The molecule has 2 aromatic rings. The van der Waals surface area contributed by atoms with Gasteiger partial charge >= 0.3 is 5.97 Å². The molecule has 0 radical (unpaired) electrons. The summed E-state index contributed by atoms with van der Waals surface area (Å²) in [6.07, 6.45) is 6.13. The Balaban J connectivity index is 1.65. The average molecular weight is 421 g/mol. The number of Topliss-reactive ketones (excluding diaryl/α,β-unsaturated/α-hetero) is 1. The van der Waals surface area contributed by atoms with Crippen molar-refractivity contribution in [3.63, 3.8) is 0 Å². The number of fused-ring (bicyclic) bond motifs is 1. The molecule has 0 spiro atoms. The highest BCUT2D eigenvalue weighted by Gasteiger charge is 2.50. The average Bonchev–Trinajstić information content (AvgIpc) is 2.79. The number of esters is 1. The lowest BCUT2D eigenvalue weighted by Gasteiger charge is -2.52. The monoisotopic (exact) mass is 420 g/mol. The van der Waals surface area contributed by atoms with Crippen molar-refractivity contribution < 1.29 is 19.1 Å². The van der Waals surface area contributed by atoms with Gasteiger partial charge in [-0.05, 0) is 73.6 Å². The van der Waals surface area contributed by atoms with Crippen molar-refractivity contribution in [2.24, 2.45) is 11.8 Å². The summed E-state index contributed by atoms with van der Waals surface area (Å²) in [5, 5.41) is 0. The Morgan fingerprint density at radius 1 is 1.00 bits per heavy atom. The normalized spacial score (nSPS) is 27.8. The third kappa shape index (κ3) is 4.13. The number of ether oxygens (including phenoxy) is 2. The van der Waals surface area contributed by atoms with E-state index in [1.165, 1.54) is 11.1 Å². The highest BCUT2D eigenvalue weighted by molar-refractivity contribution is 6.40. The molecule has 2 aromatic carbocycles. The summed E-state index contributed by atoms with van der Waals surface area (Å²) in [6.45, 7) is 4.46. The smallest absolute Gasteiger partial charge is 0.379 e. The molecule has 0 N–H and O–H groups in total. The first-order valence-corrected chi connectivity index (χ1v) is 11.4. The molecule has 0 bridgehead atoms. The zero-order chi connectivity index (χ0) is 22.0. The number of ketones is 1. The second-order valence-electron chi connectivity index (χ2n) is 9.35. The molecular formula is C27H32O4. The summed E-state index contributed by atoms with van der Waals surface area (Å²) in [6, 6.07) is 15.0. The van der Waals surface area contributed by atoms with E-state index in [1.54, 1.807) is 31.4 Å². The van der Waals surface area contributed by atoms with Crippen LogP contribution in [0.15, 0.2) is 48.5 Å². The van der Waals surface area contributed by atoms with E-state index in [0.717, 1.165) is 44.3 Å². The molecule has 4 heteroatoms. The van der Waals surface area contributed by atoms with Crippen LogP contribution in [-0.4, -0.2) is 25.0 Å². The summed E-state index contributed by atoms with van der Waals surface area (Å²) in [7, 11) is 1.70. The molecule has 164 valence electrons. The van der Waals surface area contributed by atoms with Crippen molar-refractivity contribution in [3.8, 4) is 5.75 Å². The Bertz CT molecular complexity index is 949. The molecule has 2 saturated carbocycles. The van der Waals surface area contributed by atoms with Gasteiger partial charge in [0.25, 0.3) is 5.78 Å². The molecule has 4 rings (SSSR count). The Morgan fingerprint density at radius 3 is 2.48 bits per heavy atom. The van der Waals surface area contributed by atoms with Gasteiger partial charge in [0, 0.05) is 11.5 Å². The summed E-state index contributed by atoms with van der Waals surface area (Å²) in [5.74, 6) is 0.272. The van der Waals surface area contributed by atoms with Crippen LogP contribution in [0.25, 0.3) is 0 Å². The summed E-state index contributed by atoms with van der Waals surface area (Å²) in [5.41, 5.74) is 2.77. The van der Waals surface area contributed by atoms with Crippen LogP contribution in [0.4, 0.5) is 0 Å².